The molecule has 328 valence electrons. The molecule has 62 heavy (non-hydrogen) atoms. The first-order valence-corrected chi connectivity index (χ1v) is 22.5. The first-order chi connectivity index (χ1) is 29.1. The number of nitrogens with one attached hydrogen (secondary N) is 3. The molecule has 7 rings (SSSR count). The van der Waals surface area contributed by atoms with Crippen molar-refractivity contribution in [3.8, 4) is 17.0 Å². The lowest BCUT2D eigenvalue weighted by Crippen LogP contribution is -2.60. The Labute approximate surface area is 363 Å². The zero-order chi connectivity index (χ0) is 44.8. The molecular weight excluding hydrogens is 809 g/mol. The Kier molecular flexibility index (Phi) is 11.7. The number of likely N-dealkylation sites (tertiary alicyclic amines) is 1. The predicted octanol–water partition coefficient (Wildman–Crippen LogP) is 6.18. The van der Waals surface area contributed by atoms with Crippen molar-refractivity contribution in [3.05, 3.63) is 103 Å². The van der Waals surface area contributed by atoms with E-state index in [0.717, 1.165) is 16.8 Å². The molecule has 4 aromatic rings. The first-order valence-electron chi connectivity index (χ1n) is 21.0. The highest BCUT2D eigenvalue weighted by Crippen LogP contribution is 2.48. The van der Waals surface area contributed by atoms with Crippen molar-refractivity contribution in [2.75, 3.05) is 6.54 Å². The number of aryl methyl sites for hydroxylation is 1. The number of nitrogens with zero attached hydrogens (tertiary/aromatic N) is 3. The molecule has 1 saturated heterocycles. The van der Waals surface area contributed by atoms with Crippen molar-refractivity contribution in [3.63, 3.8) is 0 Å². The molecule has 2 aliphatic carbocycles. The van der Waals surface area contributed by atoms with Crippen LogP contribution >= 0.6 is 0 Å². The largest absolute Gasteiger partial charge is 0.488 e. The molecule has 0 bridgehead atoms. The van der Waals surface area contributed by atoms with Gasteiger partial charge in [0, 0.05) is 29.7 Å². The molecule has 0 radical (unpaired) electrons. The van der Waals surface area contributed by atoms with Crippen molar-refractivity contribution in [1.29, 1.82) is 0 Å². The van der Waals surface area contributed by atoms with Crippen molar-refractivity contribution in [2.45, 2.75) is 115 Å². The van der Waals surface area contributed by atoms with Gasteiger partial charge in [-0.2, -0.15) is 0 Å². The zero-order valence-electron chi connectivity index (χ0n) is 36.4. The first kappa shape index (κ1) is 44.2. The maximum absolute atomic E-state index is 14.8. The maximum Gasteiger partial charge on any atom is 0.408 e. The monoisotopic (exact) mass is 864 g/mol. The van der Waals surface area contributed by atoms with Crippen molar-refractivity contribution >= 4 is 44.9 Å². The Morgan fingerprint density at radius 1 is 0.952 bits per heavy atom. The normalized spacial score (nSPS) is 22.2. The zero-order valence-corrected chi connectivity index (χ0v) is 37.2. The van der Waals surface area contributed by atoms with Crippen LogP contribution in [0, 0.1) is 18.3 Å². The van der Waals surface area contributed by atoms with Crippen LogP contribution in [0.3, 0.4) is 0 Å². The summed E-state index contributed by atoms with van der Waals surface area (Å²) in [6, 6.07) is 22.0. The van der Waals surface area contributed by atoms with Gasteiger partial charge in [0.25, 0.3) is 5.91 Å². The third-order valence-electron chi connectivity index (χ3n) is 11.8. The van der Waals surface area contributed by atoms with Gasteiger partial charge in [-0.15, -0.1) is 6.58 Å². The van der Waals surface area contributed by atoms with E-state index >= 15 is 0 Å². The number of rotatable bonds is 13. The van der Waals surface area contributed by atoms with Gasteiger partial charge >= 0.3 is 6.09 Å². The second-order valence-corrected chi connectivity index (χ2v) is 21.0. The van der Waals surface area contributed by atoms with Crippen LogP contribution in [0.4, 0.5) is 4.79 Å². The third kappa shape index (κ3) is 9.32. The lowest BCUT2D eigenvalue weighted by Gasteiger charge is -2.36. The highest BCUT2D eigenvalue weighted by atomic mass is 32.2. The fourth-order valence-electron chi connectivity index (χ4n) is 8.12. The number of carbonyl (C=O) groups is 4. The van der Waals surface area contributed by atoms with Gasteiger partial charge in [0.2, 0.25) is 21.8 Å². The molecule has 14 nitrogen and oxygen atoms in total. The topological polar surface area (TPSA) is 186 Å². The van der Waals surface area contributed by atoms with Crippen molar-refractivity contribution in [2.24, 2.45) is 11.3 Å². The average molecular weight is 865 g/mol. The summed E-state index contributed by atoms with van der Waals surface area (Å²) >= 11 is 0. The molecule has 2 saturated carbocycles. The van der Waals surface area contributed by atoms with Gasteiger partial charge in [0.05, 0.1) is 22.4 Å². The molecule has 3 aliphatic rings. The SMILES string of the molecule is C=C[C@@H]1C[C@]1(NC(=O)[C@@H]1C[C@@H](Oc2cc(-c3ccccc3)nc3nc(C)ccc23)CN1C(=O)[C@@H](NC(=O)OC(C)(C)C)C(C)(C)C)C(=O)NS(=O)(=O)C1(Cc2ccccc2)CC1. The molecule has 15 heteroatoms. The number of ether oxygens (including phenoxy) is 2. The number of amides is 4. The lowest BCUT2D eigenvalue weighted by atomic mass is 9.85. The van der Waals surface area contributed by atoms with Crippen LogP contribution in [-0.4, -0.2) is 87.7 Å². The summed E-state index contributed by atoms with van der Waals surface area (Å²) in [6.07, 6.45) is 1.08. The summed E-state index contributed by atoms with van der Waals surface area (Å²) in [5.41, 5.74) is 0.180. The quantitative estimate of drug-likeness (QED) is 0.131. The van der Waals surface area contributed by atoms with Crippen molar-refractivity contribution < 1.29 is 37.1 Å². The van der Waals surface area contributed by atoms with Gasteiger partial charge in [-0.3, -0.25) is 19.1 Å². The van der Waals surface area contributed by atoms with Crippen LogP contribution < -0.4 is 20.1 Å². The predicted molar refractivity (Wildman–Crippen MR) is 235 cm³/mol. The van der Waals surface area contributed by atoms with Crippen LogP contribution in [0.15, 0.2) is 91.5 Å². The highest BCUT2D eigenvalue weighted by molar-refractivity contribution is 7.91. The summed E-state index contributed by atoms with van der Waals surface area (Å²) in [4.78, 5) is 67.7. The molecule has 3 fully saturated rings. The molecule has 3 N–H and O–H groups in total. The van der Waals surface area contributed by atoms with Gasteiger partial charge in [-0.1, -0.05) is 87.5 Å². The van der Waals surface area contributed by atoms with Gasteiger partial charge in [0.1, 0.15) is 35.1 Å². The number of aromatic nitrogens is 2. The second kappa shape index (κ2) is 16.5. The van der Waals surface area contributed by atoms with Crippen molar-refractivity contribution in [1.82, 2.24) is 30.2 Å². The Balaban J connectivity index is 1.19. The molecule has 2 aromatic carbocycles. The van der Waals surface area contributed by atoms with Crippen LogP contribution in [0.25, 0.3) is 22.3 Å². The van der Waals surface area contributed by atoms with Crippen LogP contribution in [0.1, 0.15) is 78.5 Å². The summed E-state index contributed by atoms with van der Waals surface area (Å²) in [6.45, 7) is 16.2. The minimum Gasteiger partial charge on any atom is -0.488 e. The van der Waals surface area contributed by atoms with E-state index in [1.807, 2.05) is 79.7 Å². The highest BCUT2D eigenvalue weighted by Gasteiger charge is 2.63. The Bertz CT molecular complexity index is 2500. The Hall–Kier alpha value is -5.83. The molecule has 3 heterocycles. The molecule has 1 aliphatic heterocycles. The Morgan fingerprint density at radius 2 is 1.61 bits per heavy atom. The van der Waals surface area contributed by atoms with Gasteiger partial charge in [-0.25, -0.2) is 23.2 Å². The number of alkyl carbamates (subject to hydrolysis) is 1. The van der Waals surface area contributed by atoms with Crippen LogP contribution in [0.2, 0.25) is 0 Å². The van der Waals surface area contributed by atoms with E-state index in [-0.39, 0.29) is 25.8 Å². The fraction of sp³-hybridized carbons (Fsp3) is 0.447. The number of carbonyl (C=O) groups excluding carboxylic acids is 4. The number of pyridine rings is 2. The summed E-state index contributed by atoms with van der Waals surface area (Å²) < 4.78 is 41.2. The number of hydrogen-bond donors (Lipinski definition) is 3. The lowest BCUT2D eigenvalue weighted by molar-refractivity contribution is -0.143. The standard InChI is InChI=1S/C47H56N6O8S/c1-9-32-27-47(32,42(56)52-62(58,59)46(22-23-46)26-30-16-12-10-13-17-30)51-40(54)36-24-33(28-53(36)41(55)38(44(3,4)5)50-43(57)61-45(6,7)8)60-37-25-35(31-18-14-11-15-19-31)49-39-34(37)21-20-29(2)48-39/h9-21,25,32-33,36,38H,1,22-24,26-28H2,2-8H3,(H,50,57)(H,51,54)(H,52,56)/t32-,33-,36+,38-,47-/m1/s1. The third-order valence-corrected chi connectivity index (χ3v) is 13.9. The smallest absolute Gasteiger partial charge is 0.408 e. The molecule has 0 unspecified atom stereocenters. The number of benzene rings is 2. The molecule has 5 atom stereocenters. The van der Waals surface area contributed by atoms with E-state index in [4.69, 9.17) is 14.5 Å². The summed E-state index contributed by atoms with van der Waals surface area (Å²) in [5, 5.41) is 6.24. The Morgan fingerprint density at radius 3 is 2.21 bits per heavy atom. The van der Waals surface area contributed by atoms with E-state index in [9.17, 15) is 27.6 Å². The van der Waals surface area contributed by atoms with Gasteiger partial charge in [-0.05, 0) is 76.5 Å². The number of hydrogen-bond acceptors (Lipinski definition) is 10. The number of fused-ring (bicyclic) bond motifs is 1. The molecule has 2 aromatic heterocycles. The number of sulfonamides is 1. The minimum absolute atomic E-state index is 0.000406. The van der Waals surface area contributed by atoms with E-state index in [1.54, 1.807) is 47.6 Å². The van der Waals surface area contributed by atoms with Gasteiger partial charge in [0.15, 0.2) is 5.65 Å². The maximum atomic E-state index is 14.8. The second-order valence-electron chi connectivity index (χ2n) is 18.9. The van der Waals surface area contributed by atoms with Gasteiger partial charge < -0.3 is 25.0 Å². The summed E-state index contributed by atoms with van der Waals surface area (Å²) in [7, 11) is -4.17. The van der Waals surface area contributed by atoms with E-state index < -0.39 is 79.2 Å². The van der Waals surface area contributed by atoms with Crippen LogP contribution in [-0.2, 0) is 35.6 Å². The van der Waals surface area contributed by atoms with E-state index in [1.165, 1.54) is 11.0 Å². The average Bonchev–Trinajstić information content (AvgIpc) is 4.10. The molecule has 4 amide bonds. The van der Waals surface area contributed by atoms with Crippen LogP contribution in [0.5, 0.6) is 5.75 Å². The fourth-order valence-corrected chi connectivity index (χ4v) is 9.76. The molecular formula is C47H56N6O8S. The molecule has 0 spiro atoms. The van der Waals surface area contributed by atoms with E-state index in [0.29, 0.717) is 35.3 Å². The summed E-state index contributed by atoms with van der Waals surface area (Å²) in [5.74, 6) is -2.24. The van der Waals surface area contributed by atoms with E-state index in [2.05, 4.69) is 26.9 Å². The minimum atomic E-state index is -4.17.